The van der Waals surface area contributed by atoms with Gasteiger partial charge in [0.1, 0.15) is 11.5 Å². The molecule has 1 amide bonds. The minimum atomic E-state index is -0.588. The van der Waals surface area contributed by atoms with E-state index < -0.39 is 17.7 Å². The van der Waals surface area contributed by atoms with Crippen LogP contribution in [0.5, 0.6) is 0 Å². The van der Waals surface area contributed by atoms with Gasteiger partial charge < -0.3 is 4.74 Å². The molecule has 0 saturated heterocycles. The van der Waals surface area contributed by atoms with Gasteiger partial charge in [0.2, 0.25) is 0 Å². The molecule has 1 aliphatic rings. The molecule has 1 heterocycles. The Balaban J connectivity index is 1.94. The lowest BCUT2D eigenvalue weighted by Crippen LogP contribution is -2.31. The highest BCUT2D eigenvalue weighted by Gasteiger charge is 2.32. The normalized spacial score (nSPS) is 15.1. The molecule has 2 aromatic carbocycles. The maximum atomic E-state index is 13.5. The zero-order valence-electron chi connectivity index (χ0n) is 14.9. The van der Waals surface area contributed by atoms with Gasteiger partial charge in [-0.1, -0.05) is 53.7 Å². The maximum absolute atomic E-state index is 13.5. The summed E-state index contributed by atoms with van der Waals surface area (Å²) in [6.45, 7) is 1.98. The molecule has 3 rings (SSSR count). The summed E-state index contributed by atoms with van der Waals surface area (Å²) in [5.74, 6) is -1.41. The first-order chi connectivity index (χ1) is 13.5. The second kappa shape index (κ2) is 9.03. The predicted octanol–water partition coefficient (Wildman–Crippen LogP) is 4.52. The lowest BCUT2D eigenvalue weighted by atomic mass is 10.2. The number of amidine groups is 1. The molecular formula is C20H16ClFN2O3S. The van der Waals surface area contributed by atoms with E-state index in [0.29, 0.717) is 10.9 Å². The van der Waals surface area contributed by atoms with Crippen LogP contribution in [0.1, 0.15) is 12.5 Å². The van der Waals surface area contributed by atoms with Gasteiger partial charge in [0.05, 0.1) is 23.1 Å². The van der Waals surface area contributed by atoms with Crippen molar-refractivity contribution < 1.29 is 18.7 Å². The molecule has 0 atom stereocenters. The number of aliphatic imine (C=N–C) groups is 1. The van der Waals surface area contributed by atoms with Crippen LogP contribution in [-0.4, -0.2) is 29.4 Å². The number of rotatable bonds is 5. The third-order valence-electron chi connectivity index (χ3n) is 3.72. The van der Waals surface area contributed by atoms with Crippen molar-refractivity contribution in [3.8, 4) is 0 Å². The van der Waals surface area contributed by atoms with Gasteiger partial charge in [-0.05, 0) is 36.8 Å². The zero-order chi connectivity index (χ0) is 20.1. The Hall–Kier alpha value is -2.64. The number of benzene rings is 2. The summed E-state index contributed by atoms with van der Waals surface area (Å²) < 4.78 is 18.5. The molecule has 28 heavy (non-hydrogen) atoms. The number of hydrogen-bond donors (Lipinski definition) is 0. The summed E-state index contributed by atoms with van der Waals surface area (Å²) in [5.41, 5.74) is 1.38. The third kappa shape index (κ3) is 4.61. The Morgan fingerprint density at radius 3 is 2.71 bits per heavy atom. The fourth-order valence-electron chi connectivity index (χ4n) is 2.48. The summed E-state index contributed by atoms with van der Waals surface area (Å²) in [5, 5.41) is 0.184. The van der Waals surface area contributed by atoms with E-state index in [1.807, 2.05) is 30.3 Å². The Morgan fingerprint density at radius 1 is 1.29 bits per heavy atom. The summed E-state index contributed by atoms with van der Waals surface area (Å²) in [6, 6.07) is 13.2. The van der Waals surface area contributed by atoms with Gasteiger partial charge in [-0.15, -0.1) is 0 Å². The SMILES string of the molecule is CCOC(=O)CSC1=N/C(=C/c2ccccc2)C(=O)N1c1ccc(F)c(Cl)c1. The predicted molar refractivity (Wildman–Crippen MR) is 110 cm³/mol. The minimum absolute atomic E-state index is 0.00992. The molecule has 5 nitrogen and oxygen atoms in total. The fraction of sp³-hybridized carbons (Fsp3) is 0.150. The molecule has 0 fully saturated rings. The lowest BCUT2D eigenvalue weighted by Gasteiger charge is -2.18. The van der Waals surface area contributed by atoms with Crippen LogP contribution in [0.3, 0.4) is 0 Å². The Bertz CT molecular complexity index is 963. The average Bonchev–Trinajstić information content (AvgIpc) is 2.99. The summed E-state index contributed by atoms with van der Waals surface area (Å²) in [7, 11) is 0. The molecule has 8 heteroatoms. The largest absolute Gasteiger partial charge is 0.465 e. The Labute approximate surface area is 170 Å². The fourth-order valence-corrected chi connectivity index (χ4v) is 3.46. The summed E-state index contributed by atoms with van der Waals surface area (Å²) >= 11 is 6.94. The van der Waals surface area contributed by atoms with E-state index in [9.17, 15) is 14.0 Å². The summed E-state index contributed by atoms with van der Waals surface area (Å²) in [6.07, 6.45) is 1.65. The first-order valence-electron chi connectivity index (χ1n) is 8.43. The van der Waals surface area contributed by atoms with Gasteiger partial charge >= 0.3 is 5.97 Å². The molecule has 144 valence electrons. The van der Waals surface area contributed by atoms with Crippen molar-refractivity contribution >= 4 is 52.2 Å². The van der Waals surface area contributed by atoms with Crippen LogP contribution >= 0.6 is 23.4 Å². The standard InChI is InChI=1S/C20H16ClFN2O3S/c1-2-27-18(25)12-28-20-23-17(10-13-6-4-3-5-7-13)19(26)24(20)14-8-9-16(22)15(21)11-14/h3-11H,2,12H2,1H3/b17-10+. The van der Waals surface area contributed by atoms with Crippen molar-refractivity contribution in [2.24, 2.45) is 4.99 Å². The molecule has 1 aliphatic heterocycles. The number of nitrogens with zero attached hydrogens (tertiary/aromatic N) is 2. The van der Waals surface area contributed by atoms with E-state index in [1.54, 1.807) is 13.0 Å². The van der Waals surface area contributed by atoms with Crippen molar-refractivity contribution in [2.75, 3.05) is 17.3 Å². The number of hydrogen-bond acceptors (Lipinski definition) is 5. The second-order valence-corrected chi connectivity index (χ2v) is 7.02. The van der Waals surface area contributed by atoms with Crippen molar-refractivity contribution in [2.45, 2.75) is 6.92 Å². The van der Waals surface area contributed by atoms with E-state index in [4.69, 9.17) is 16.3 Å². The van der Waals surface area contributed by atoms with Crippen molar-refractivity contribution in [1.82, 2.24) is 0 Å². The van der Waals surface area contributed by atoms with E-state index in [0.717, 1.165) is 17.3 Å². The average molecular weight is 419 g/mol. The number of carbonyl (C=O) groups is 2. The number of ether oxygens (including phenoxy) is 1. The topological polar surface area (TPSA) is 59.0 Å². The Morgan fingerprint density at radius 2 is 2.04 bits per heavy atom. The maximum Gasteiger partial charge on any atom is 0.316 e. The van der Waals surface area contributed by atoms with Gasteiger partial charge in [-0.2, -0.15) is 0 Å². The molecule has 0 aliphatic carbocycles. The number of carbonyl (C=O) groups excluding carboxylic acids is 2. The van der Waals surface area contributed by atoms with Gasteiger partial charge in [-0.25, -0.2) is 9.38 Å². The van der Waals surface area contributed by atoms with Crippen molar-refractivity contribution in [3.63, 3.8) is 0 Å². The number of amides is 1. The molecule has 2 aromatic rings. The molecule has 0 saturated carbocycles. The molecule has 0 aromatic heterocycles. The van der Waals surface area contributed by atoms with Crippen LogP contribution in [0.2, 0.25) is 5.02 Å². The highest BCUT2D eigenvalue weighted by atomic mass is 35.5. The van der Waals surface area contributed by atoms with Crippen LogP contribution in [0, 0.1) is 5.82 Å². The number of esters is 1. The third-order valence-corrected chi connectivity index (χ3v) is 4.92. The van der Waals surface area contributed by atoms with Crippen LogP contribution < -0.4 is 4.90 Å². The molecule has 0 radical (unpaired) electrons. The van der Waals surface area contributed by atoms with E-state index >= 15 is 0 Å². The van der Waals surface area contributed by atoms with Crippen molar-refractivity contribution in [1.29, 1.82) is 0 Å². The molecule has 0 spiro atoms. The van der Waals surface area contributed by atoms with Crippen LogP contribution in [0.15, 0.2) is 59.2 Å². The highest BCUT2D eigenvalue weighted by Crippen LogP contribution is 2.31. The van der Waals surface area contributed by atoms with Gasteiger partial charge in [0, 0.05) is 0 Å². The number of halogens is 2. The highest BCUT2D eigenvalue weighted by molar-refractivity contribution is 8.14. The van der Waals surface area contributed by atoms with Crippen LogP contribution in [0.25, 0.3) is 6.08 Å². The molecule has 0 N–H and O–H groups in total. The smallest absolute Gasteiger partial charge is 0.316 e. The van der Waals surface area contributed by atoms with Gasteiger partial charge in [0.25, 0.3) is 5.91 Å². The van der Waals surface area contributed by atoms with Gasteiger partial charge in [0.15, 0.2) is 5.17 Å². The summed E-state index contributed by atoms with van der Waals surface area (Å²) in [4.78, 5) is 30.4. The lowest BCUT2D eigenvalue weighted by molar-refractivity contribution is -0.139. The molecule has 0 bridgehead atoms. The van der Waals surface area contributed by atoms with E-state index in [1.165, 1.54) is 23.1 Å². The molecular weight excluding hydrogens is 403 g/mol. The monoisotopic (exact) mass is 418 g/mol. The number of anilines is 1. The van der Waals surface area contributed by atoms with E-state index in [-0.39, 0.29) is 23.1 Å². The first-order valence-corrected chi connectivity index (χ1v) is 9.79. The Kier molecular flexibility index (Phi) is 6.49. The zero-order valence-corrected chi connectivity index (χ0v) is 16.5. The van der Waals surface area contributed by atoms with E-state index in [2.05, 4.69) is 4.99 Å². The van der Waals surface area contributed by atoms with Crippen LogP contribution in [0.4, 0.5) is 10.1 Å². The first kappa shape index (κ1) is 20.1. The quantitative estimate of drug-likeness (QED) is 0.529. The minimum Gasteiger partial charge on any atom is -0.465 e. The second-order valence-electron chi connectivity index (χ2n) is 5.67. The van der Waals surface area contributed by atoms with Crippen molar-refractivity contribution in [3.05, 3.63) is 70.6 Å². The molecule has 0 unspecified atom stereocenters. The number of thioether (sulfide) groups is 1. The van der Waals surface area contributed by atoms with Crippen LogP contribution in [-0.2, 0) is 14.3 Å². The van der Waals surface area contributed by atoms with Gasteiger partial charge in [-0.3, -0.25) is 14.5 Å².